The van der Waals surface area contributed by atoms with Crippen molar-refractivity contribution in [3.05, 3.63) is 42.0 Å². The molecule has 2 rings (SSSR count). The summed E-state index contributed by atoms with van der Waals surface area (Å²) in [4.78, 5) is -1.26. The molecule has 0 spiro atoms. The molecule has 0 unspecified atom stereocenters. The van der Waals surface area contributed by atoms with Crippen LogP contribution in [0.5, 0.6) is 5.75 Å². The van der Waals surface area contributed by atoms with Crippen LogP contribution in [0.1, 0.15) is 5.56 Å². The Morgan fingerprint density at radius 3 is 2.20 bits per heavy atom. The van der Waals surface area contributed by atoms with Crippen LogP contribution < -0.4 is 4.74 Å². The highest BCUT2D eigenvalue weighted by Gasteiger charge is 2.20. The predicted octanol–water partition coefficient (Wildman–Crippen LogP) is 2.71. The molecule has 0 atom stereocenters. The number of ether oxygens (including phenoxy) is 1. The van der Waals surface area contributed by atoms with E-state index in [0.29, 0.717) is 11.3 Å². The fourth-order valence-corrected chi connectivity index (χ4v) is 2.98. The molecule has 133 valence electrons. The number of benzene rings is 2. The lowest BCUT2D eigenvalue weighted by atomic mass is 10.2. The molecule has 11 heteroatoms. The maximum Gasteiger partial charge on any atom is 0.296 e. The van der Waals surface area contributed by atoms with Crippen molar-refractivity contribution in [2.45, 2.75) is 16.7 Å². The van der Waals surface area contributed by atoms with E-state index in [1.165, 1.54) is 13.2 Å². The number of nitrogens with zero attached hydrogens (tertiary/aromatic N) is 2. The first-order chi connectivity index (χ1) is 11.5. The molecule has 0 aromatic heterocycles. The summed E-state index contributed by atoms with van der Waals surface area (Å²) in [7, 11) is -7.90. The average molecular weight is 385 g/mol. The Balaban J connectivity index is 2.63. The lowest BCUT2D eigenvalue weighted by Gasteiger charge is -2.06. The summed E-state index contributed by atoms with van der Waals surface area (Å²) in [6.45, 7) is 1.74. The summed E-state index contributed by atoms with van der Waals surface area (Å²) in [5.74, 6) is 0.300. The Kier molecular flexibility index (Phi) is 5.23. The van der Waals surface area contributed by atoms with Gasteiger partial charge in [-0.2, -0.15) is 16.8 Å². The fraction of sp³-hybridized carbons (Fsp3) is 0.143. The van der Waals surface area contributed by atoms with E-state index in [-0.39, 0.29) is 5.69 Å². The maximum atomic E-state index is 11.4. The smallest absolute Gasteiger partial charge is 0.296 e. The van der Waals surface area contributed by atoms with Crippen LogP contribution in [0.25, 0.3) is 0 Å². The summed E-state index contributed by atoms with van der Waals surface area (Å²) in [5, 5.41) is 7.52. The first kappa shape index (κ1) is 19.0. The van der Waals surface area contributed by atoms with Crippen molar-refractivity contribution in [2.75, 3.05) is 7.11 Å². The molecule has 0 saturated carbocycles. The first-order valence-corrected chi connectivity index (χ1v) is 9.47. The van der Waals surface area contributed by atoms with Crippen molar-refractivity contribution < 1.29 is 30.7 Å². The normalized spacial score (nSPS) is 12.5. The van der Waals surface area contributed by atoms with Crippen molar-refractivity contribution >= 4 is 31.6 Å². The van der Waals surface area contributed by atoms with E-state index >= 15 is 0 Å². The molecule has 2 N–H and O–H groups in total. The van der Waals surface area contributed by atoms with E-state index < -0.39 is 35.7 Å². The SMILES string of the molecule is COc1c[c]c(C)cc1N=Nc1cc(S(=O)(=O)O)ccc1S(=O)(=O)O. The molecule has 0 heterocycles. The summed E-state index contributed by atoms with van der Waals surface area (Å²) < 4.78 is 68.6. The molecule has 0 aliphatic carbocycles. The van der Waals surface area contributed by atoms with Crippen molar-refractivity contribution in [2.24, 2.45) is 10.2 Å². The van der Waals surface area contributed by atoms with Crippen molar-refractivity contribution in [1.82, 2.24) is 0 Å². The number of aryl methyl sites for hydroxylation is 1. The van der Waals surface area contributed by atoms with Gasteiger partial charge >= 0.3 is 0 Å². The first-order valence-electron chi connectivity index (χ1n) is 6.59. The minimum Gasteiger partial charge on any atom is -0.494 e. The Hall–Kier alpha value is -2.34. The van der Waals surface area contributed by atoms with Gasteiger partial charge in [-0.1, -0.05) is 0 Å². The molecule has 0 aliphatic heterocycles. The van der Waals surface area contributed by atoms with Gasteiger partial charge in [0.1, 0.15) is 22.0 Å². The van der Waals surface area contributed by atoms with Crippen LogP contribution in [-0.2, 0) is 20.2 Å². The zero-order chi connectivity index (χ0) is 18.8. The van der Waals surface area contributed by atoms with Crippen molar-refractivity contribution in [3.8, 4) is 5.75 Å². The monoisotopic (exact) mass is 385 g/mol. The molecule has 2 aromatic carbocycles. The van der Waals surface area contributed by atoms with Gasteiger partial charge in [0.15, 0.2) is 0 Å². The molecule has 1 radical (unpaired) electrons. The molecule has 9 nitrogen and oxygen atoms in total. The average Bonchev–Trinajstić information content (AvgIpc) is 2.51. The van der Waals surface area contributed by atoms with Gasteiger partial charge < -0.3 is 4.74 Å². The standard InChI is InChI=1S/C14H13N2O7S2/c1-9-3-5-13(23-2)11(7-9)15-16-12-8-10(24(17,18)19)4-6-14(12)25(20,21)22/h4-8H,1-2H3,(H,17,18,19)(H,20,21,22). The summed E-state index contributed by atoms with van der Waals surface area (Å²) >= 11 is 0. The van der Waals surface area contributed by atoms with Gasteiger partial charge in [0, 0.05) is 0 Å². The Morgan fingerprint density at radius 2 is 1.64 bits per heavy atom. The molecule has 25 heavy (non-hydrogen) atoms. The third-order valence-electron chi connectivity index (χ3n) is 3.03. The van der Waals surface area contributed by atoms with Gasteiger partial charge in [-0.15, -0.1) is 10.2 Å². The second-order valence-corrected chi connectivity index (χ2v) is 7.66. The minimum atomic E-state index is -4.69. The van der Waals surface area contributed by atoms with Gasteiger partial charge in [0.05, 0.1) is 12.0 Å². The Morgan fingerprint density at radius 1 is 1.00 bits per heavy atom. The van der Waals surface area contributed by atoms with Crippen LogP contribution in [0.2, 0.25) is 0 Å². The van der Waals surface area contributed by atoms with E-state index in [4.69, 9.17) is 9.29 Å². The second-order valence-electron chi connectivity index (χ2n) is 4.85. The topological polar surface area (TPSA) is 143 Å². The molecule has 0 bridgehead atoms. The quantitative estimate of drug-likeness (QED) is 0.595. The van der Waals surface area contributed by atoms with E-state index in [0.717, 1.165) is 18.2 Å². The lowest BCUT2D eigenvalue weighted by Crippen LogP contribution is -2.02. The highest BCUT2D eigenvalue weighted by atomic mass is 32.2. The maximum absolute atomic E-state index is 11.4. The van der Waals surface area contributed by atoms with Gasteiger partial charge in [-0.05, 0) is 48.9 Å². The number of hydrogen-bond donors (Lipinski definition) is 2. The predicted molar refractivity (Wildman–Crippen MR) is 86.8 cm³/mol. The fourth-order valence-electron chi connectivity index (χ4n) is 1.87. The van der Waals surface area contributed by atoms with Crippen molar-refractivity contribution in [1.29, 1.82) is 0 Å². The third kappa shape index (κ3) is 4.60. The van der Waals surface area contributed by atoms with E-state index in [1.54, 1.807) is 13.0 Å². The number of azo groups is 1. The zero-order valence-corrected chi connectivity index (χ0v) is 14.7. The highest BCUT2D eigenvalue weighted by molar-refractivity contribution is 7.86. The molecular weight excluding hydrogens is 372 g/mol. The number of hydrogen-bond acceptors (Lipinski definition) is 7. The second kappa shape index (κ2) is 6.88. The van der Waals surface area contributed by atoms with Crippen molar-refractivity contribution in [3.63, 3.8) is 0 Å². The molecule has 0 aliphatic rings. The van der Waals surface area contributed by atoms with Crippen LogP contribution in [-0.4, -0.2) is 33.1 Å². The van der Waals surface area contributed by atoms with Gasteiger partial charge in [-0.3, -0.25) is 9.11 Å². The van der Waals surface area contributed by atoms with Gasteiger partial charge in [0.2, 0.25) is 0 Å². The molecule has 0 amide bonds. The number of methoxy groups -OCH3 is 1. The summed E-state index contributed by atoms with van der Waals surface area (Å²) in [5.41, 5.74) is 0.471. The van der Waals surface area contributed by atoms with E-state index in [9.17, 15) is 21.4 Å². The van der Waals surface area contributed by atoms with Crippen LogP contribution in [0.4, 0.5) is 11.4 Å². The summed E-state index contributed by atoms with van der Waals surface area (Å²) in [6, 6.07) is 8.33. The molecule has 0 saturated heterocycles. The molecule has 2 aromatic rings. The van der Waals surface area contributed by atoms with Crippen LogP contribution in [0.3, 0.4) is 0 Å². The molecule has 0 fully saturated rings. The van der Waals surface area contributed by atoms with Gasteiger partial charge in [0.25, 0.3) is 20.2 Å². The molecular formula is C14H13N2O7S2. The Labute approximate surface area is 144 Å². The zero-order valence-electron chi connectivity index (χ0n) is 13.0. The lowest BCUT2D eigenvalue weighted by molar-refractivity contribution is 0.415. The number of rotatable bonds is 5. The van der Waals surface area contributed by atoms with Crippen LogP contribution >= 0.6 is 0 Å². The summed E-state index contributed by atoms with van der Waals surface area (Å²) in [6.07, 6.45) is 0. The highest BCUT2D eigenvalue weighted by Crippen LogP contribution is 2.32. The van der Waals surface area contributed by atoms with Crippen LogP contribution in [0, 0.1) is 13.0 Å². The largest absolute Gasteiger partial charge is 0.494 e. The van der Waals surface area contributed by atoms with E-state index in [1.807, 2.05) is 0 Å². The Bertz CT molecular complexity index is 1040. The third-order valence-corrected chi connectivity index (χ3v) is 4.78. The van der Waals surface area contributed by atoms with Crippen LogP contribution in [0.15, 0.2) is 50.4 Å². The van der Waals surface area contributed by atoms with E-state index in [2.05, 4.69) is 16.3 Å². The minimum absolute atomic E-state index is 0.234. The van der Waals surface area contributed by atoms with Gasteiger partial charge in [-0.25, -0.2) is 0 Å².